The van der Waals surface area contributed by atoms with E-state index in [1.807, 2.05) is 0 Å². The van der Waals surface area contributed by atoms with Crippen molar-refractivity contribution in [3.63, 3.8) is 0 Å². The predicted molar refractivity (Wildman–Crippen MR) is 64.8 cm³/mol. The molecule has 0 heterocycles. The Balaban J connectivity index is 3.03. The molecule has 0 radical (unpaired) electrons. The maximum atomic E-state index is 12.3. The molecule has 0 aromatic heterocycles. The van der Waals surface area contributed by atoms with Crippen molar-refractivity contribution >= 4 is 5.97 Å². The number of esters is 1. The van der Waals surface area contributed by atoms with Gasteiger partial charge in [-0.15, -0.1) is 0 Å². The van der Waals surface area contributed by atoms with Crippen LogP contribution in [0.15, 0.2) is 18.2 Å². The zero-order valence-corrected chi connectivity index (χ0v) is 11.0. The molecular weight excluding hydrogens is 258 g/mol. The van der Waals surface area contributed by atoms with Gasteiger partial charge in [-0.1, -0.05) is 0 Å². The lowest BCUT2D eigenvalue weighted by atomic mass is 10.2. The zero-order valence-electron chi connectivity index (χ0n) is 11.0. The van der Waals surface area contributed by atoms with Crippen molar-refractivity contribution in [2.75, 3.05) is 6.61 Å². The third-order valence-electron chi connectivity index (χ3n) is 2.03. The Bertz CT molecular complexity index is 433. The monoisotopic (exact) mass is 274 g/mol. The van der Waals surface area contributed by atoms with Gasteiger partial charge in [0.05, 0.1) is 18.3 Å². The Morgan fingerprint density at radius 1 is 1.21 bits per heavy atom. The fourth-order valence-corrected chi connectivity index (χ4v) is 1.39. The first-order valence-corrected chi connectivity index (χ1v) is 5.86. The van der Waals surface area contributed by atoms with Crippen molar-refractivity contribution in [3.8, 4) is 11.5 Å². The minimum absolute atomic E-state index is 0.133. The molecule has 1 aromatic rings. The Morgan fingerprint density at radius 2 is 1.89 bits per heavy atom. The Labute approximate surface area is 110 Å². The summed E-state index contributed by atoms with van der Waals surface area (Å²) < 4.78 is 39.1. The molecule has 0 fully saturated rings. The summed E-state index contributed by atoms with van der Waals surface area (Å²) in [4.78, 5) is 11.5. The zero-order chi connectivity index (χ0) is 14.4. The number of hydrogen-bond donors (Lipinski definition) is 0. The van der Waals surface area contributed by atoms with Gasteiger partial charge in [0.25, 0.3) is 0 Å². The molecule has 0 saturated heterocycles. The van der Waals surface area contributed by atoms with E-state index in [-0.39, 0.29) is 29.8 Å². The summed E-state index contributed by atoms with van der Waals surface area (Å²) in [6, 6.07) is 4.03. The van der Waals surface area contributed by atoms with E-state index in [1.165, 1.54) is 18.2 Å². The third kappa shape index (κ3) is 4.73. The molecule has 1 aromatic carbocycles. The number of carbonyl (C=O) groups excluding carboxylic acids is 1. The van der Waals surface area contributed by atoms with Gasteiger partial charge in [0, 0.05) is 0 Å². The summed E-state index contributed by atoms with van der Waals surface area (Å²) in [5.41, 5.74) is 0.133. The van der Waals surface area contributed by atoms with Gasteiger partial charge in [-0.25, -0.2) is 4.79 Å². The molecule has 0 spiro atoms. The van der Waals surface area contributed by atoms with Crippen molar-refractivity contribution in [2.24, 2.45) is 0 Å². The lowest BCUT2D eigenvalue weighted by Gasteiger charge is -2.15. The first kappa shape index (κ1) is 15.2. The number of halogens is 2. The lowest BCUT2D eigenvalue weighted by Crippen LogP contribution is -2.11. The van der Waals surface area contributed by atoms with Crippen LogP contribution in [0, 0.1) is 0 Å². The first-order valence-electron chi connectivity index (χ1n) is 5.86. The molecule has 0 N–H and O–H groups in total. The Hall–Kier alpha value is -1.85. The second-order valence-electron chi connectivity index (χ2n) is 3.93. The smallest absolute Gasteiger partial charge is 0.387 e. The standard InChI is InChI=1S/C13H16F2O4/c1-4-17-12(16)9-5-6-10(18-8(2)3)11(7-9)19-13(14)15/h5-8,13H,4H2,1-3H3. The largest absolute Gasteiger partial charge is 0.487 e. The number of rotatable bonds is 6. The molecule has 1 rings (SSSR count). The molecule has 0 aliphatic carbocycles. The van der Waals surface area contributed by atoms with Crippen molar-refractivity contribution in [3.05, 3.63) is 23.8 Å². The minimum Gasteiger partial charge on any atom is -0.487 e. The van der Waals surface area contributed by atoms with Gasteiger partial charge in [0.1, 0.15) is 0 Å². The maximum absolute atomic E-state index is 12.3. The Morgan fingerprint density at radius 3 is 2.42 bits per heavy atom. The van der Waals surface area contributed by atoms with E-state index < -0.39 is 12.6 Å². The third-order valence-corrected chi connectivity index (χ3v) is 2.03. The van der Waals surface area contributed by atoms with E-state index in [9.17, 15) is 13.6 Å². The highest BCUT2D eigenvalue weighted by Crippen LogP contribution is 2.31. The molecule has 0 bridgehead atoms. The fraction of sp³-hybridized carbons (Fsp3) is 0.462. The number of carbonyl (C=O) groups is 1. The van der Waals surface area contributed by atoms with Crippen LogP contribution in [-0.4, -0.2) is 25.3 Å². The van der Waals surface area contributed by atoms with E-state index in [0.717, 1.165) is 0 Å². The van der Waals surface area contributed by atoms with Crippen LogP contribution >= 0.6 is 0 Å². The molecule has 6 heteroatoms. The second kappa shape index (κ2) is 6.92. The van der Waals surface area contributed by atoms with Crippen LogP contribution in [0.25, 0.3) is 0 Å². The predicted octanol–water partition coefficient (Wildman–Crippen LogP) is 3.25. The van der Waals surface area contributed by atoms with Crippen molar-refractivity contribution in [2.45, 2.75) is 33.5 Å². The summed E-state index contributed by atoms with van der Waals surface area (Å²) in [5, 5.41) is 0. The van der Waals surface area contributed by atoms with Crippen molar-refractivity contribution in [1.82, 2.24) is 0 Å². The average molecular weight is 274 g/mol. The SMILES string of the molecule is CCOC(=O)c1ccc(OC(C)C)c(OC(F)F)c1. The fourth-order valence-electron chi connectivity index (χ4n) is 1.39. The molecule has 0 atom stereocenters. The number of benzene rings is 1. The lowest BCUT2D eigenvalue weighted by molar-refractivity contribution is -0.0519. The van der Waals surface area contributed by atoms with Crippen LogP contribution in [-0.2, 0) is 4.74 Å². The molecule has 106 valence electrons. The highest BCUT2D eigenvalue weighted by molar-refractivity contribution is 5.90. The van der Waals surface area contributed by atoms with Gasteiger partial charge in [-0.2, -0.15) is 8.78 Å². The van der Waals surface area contributed by atoms with Crippen molar-refractivity contribution in [1.29, 1.82) is 0 Å². The summed E-state index contributed by atoms with van der Waals surface area (Å²) in [6.07, 6.45) is -0.200. The van der Waals surface area contributed by atoms with Crippen LogP contribution in [0.2, 0.25) is 0 Å². The van der Waals surface area contributed by atoms with Crippen LogP contribution in [0.5, 0.6) is 11.5 Å². The minimum atomic E-state index is -2.99. The van der Waals surface area contributed by atoms with Gasteiger partial charge in [-0.05, 0) is 39.0 Å². The van der Waals surface area contributed by atoms with Crippen LogP contribution in [0.3, 0.4) is 0 Å². The highest BCUT2D eigenvalue weighted by atomic mass is 19.3. The van der Waals surface area contributed by atoms with E-state index >= 15 is 0 Å². The number of ether oxygens (including phenoxy) is 3. The summed E-state index contributed by atoms with van der Waals surface area (Å²) in [5.74, 6) is -0.629. The number of alkyl halides is 2. The molecule has 4 nitrogen and oxygen atoms in total. The van der Waals surface area contributed by atoms with Crippen molar-refractivity contribution < 1.29 is 27.8 Å². The molecule has 0 amide bonds. The first-order chi connectivity index (χ1) is 8.93. The van der Waals surface area contributed by atoms with Gasteiger partial charge < -0.3 is 14.2 Å². The quantitative estimate of drug-likeness (QED) is 0.747. The van der Waals surface area contributed by atoms with Gasteiger partial charge >= 0.3 is 12.6 Å². The van der Waals surface area contributed by atoms with Crippen LogP contribution in [0.1, 0.15) is 31.1 Å². The molecule has 19 heavy (non-hydrogen) atoms. The van der Waals surface area contributed by atoms with Gasteiger partial charge in [-0.3, -0.25) is 0 Å². The number of hydrogen-bond acceptors (Lipinski definition) is 4. The summed E-state index contributed by atoms with van der Waals surface area (Å²) in [7, 11) is 0. The highest BCUT2D eigenvalue weighted by Gasteiger charge is 2.16. The molecule has 0 saturated carbocycles. The van der Waals surface area contributed by atoms with E-state index in [1.54, 1.807) is 20.8 Å². The second-order valence-corrected chi connectivity index (χ2v) is 3.93. The van der Waals surface area contributed by atoms with E-state index in [4.69, 9.17) is 9.47 Å². The van der Waals surface area contributed by atoms with Gasteiger partial charge in [0.2, 0.25) is 0 Å². The van der Waals surface area contributed by atoms with Crippen LogP contribution < -0.4 is 9.47 Å². The molecule has 0 aliphatic rings. The summed E-state index contributed by atoms with van der Waals surface area (Å²) in [6.45, 7) is 2.38. The normalized spacial score (nSPS) is 10.7. The molecule has 0 aliphatic heterocycles. The summed E-state index contributed by atoms with van der Waals surface area (Å²) >= 11 is 0. The molecular formula is C13H16F2O4. The maximum Gasteiger partial charge on any atom is 0.387 e. The Kier molecular flexibility index (Phi) is 5.54. The molecule has 0 unspecified atom stereocenters. The topological polar surface area (TPSA) is 44.8 Å². The van der Waals surface area contributed by atoms with Crippen LogP contribution in [0.4, 0.5) is 8.78 Å². The van der Waals surface area contributed by atoms with E-state index in [0.29, 0.717) is 0 Å². The van der Waals surface area contributed by atoms with E-state index in [2.05, 4.69) is 4.74 Å². The van der Waals surface area contributed by atoms with Gasteiger partial charge in [0.15, 0.2) is 11.5 Å². The average Bonchev–Trinajstić information content (AvgIpc) is 2.30.